The molecule has 1 aliphatic carbocycles. The standard InChI is InChI=1S/C18H20N4O6S/c1-11-6-8-18(9-7-11)16(25)22(17(26)19-18)20-14(23)10-21-15(24)12-4-2-3-5-13(12)29(21,27)28/h2-5,11H,6-10H2,1H3,(H,19,26)(H,20,23). The summed E-state index contributed by atoms with van der Waals surface area (Å²) in [4.78, 5) is 49.7. The van der Waals surface area contributed by atoms with Crippen molar-refractivity contribution in [2.75, 3.05) is 6.54 Å². The van der Waals surface area contributed by atoms with E-state index >= 15 is 0 Å². The van der Waals surface area contributed by atoms with Crippen molar-refractivity contribution in [2.45, 2.75) is 43.0 Å². The van der Waals surface area contributed by atoms with Crippen LogP contribution in [-0.2, 0) is 19.6 Å². The maximum atomic E-state index is 12.8. The molecule has 11 heteroatoms. The van der Waals surface area contributed by atoms with Crippen LogP contribution in [0.25, 0.3) is 0 Å². The first-order valence-electron chi connectivity index (χ1n) is 9.28. The highest BCUT2D eigenvalue weighted by molar-refractivity contribution is 7.90. The summed E-state index contributed by atoms with van der Waals surface area (Å²) in [6.07, 6.45) is 2.48. The van der Waals surface area contributed by atoms with Crippen molar-refractivity contribution in [1.82, 2.24) is 20.1 Å². The molecule has 4 rings (SSSR count). The van der Waals surface area contributed by atoms with E-state index in [9.17, 15) is 27.6 Å². The van der Waals surface area contributed by atoms with E-state index in [2.05, 4.69) is 17.7 Å². The molecule has 1 aromatic carbocycles. The van der Waals surface area contributed by atoms with Crippen LogP contribution >= 0.6 is 0 Å². The Kier molecular flexibility index (Phi) is 4.37. The molecule has 0 radical (unpaired) electrons. The van der Waals surface area contributed by atoms with Gasteiger partial charge < -0.3 is 5.32 Å². The van der Waals surface area contributed by atoms with E-state index < -0.39 is 45.9 Å². The van der Waals surface area contributed by atoms with Gasteiger partial charge in [-0.25, -0.2) is 17.5 Å². The van der Waals surface area contributed by atoms with Crippen LogP contribution in [-0.4, -0.2) is 53.6 Å². The van der Waals surface area contributed by atoms with Gasteiger partial charge in [-0.2, -0.15) is 5.01 Å². The van der Waals surface area contributed by atoms with Crippen LogP contribution < -0.4 is 10.7 Å². The lowest BCUT2D eigenvalue weighted by atomic mass is 9.77. The van der Waals surface area contributed by atoms with Crippen LogP contribution in [0.4, 0.5) is 4.79 Å². The molecule has 154 valence electrons. The number of fused-ring (bicyclic) bond motifs is 1. The number of hydrogen-bond donors (Lipinski definition) is 2. The number of carbonyl (C=O) groups excluding carboxylic acids is 4. The fraction of sp³-hybridized carbons (Fsp3) is 0.444. The minimum Gasteiger partial charge on any atom is -0.322 e. The lowest BCUT2D eigenvalue weighted by Crippen LogP contribution is -2.53. The van der Waals surface area contributed by atoms with Crippen LogP contribution in [0.5, 0.6) is 0 Å². The van der Waals surface area contributed by atoms with Crippen molar-refractivity contribution >= 4 is 33.8 Å². The predicted octanol–water partition coefficient (Wildman–Crippen LogP) is 0.363. The number of benzene rings is 1. The van der Waals surface area contributed by atoms with Crippen LogP contribution in [0.15, 0.2) is 29.2 Å². The highest BCUT2D eigenvalue weighted by Crippen LogP contribution is 2.36. The zero-order chi connectivity index (χ0) is 21.0. The van der Waals surface area contributed by atoms with Gasteiger partial charge in [-0.15, -0.1) is 0 Å². The third kappa shape index (κ3) is 2.96. The second-order valence-corrected chi connectivity index (χ2v) is 9.51. The smallest absolute Gasteiger partial charge is 0.322 e. The third-order valence-electron chi connectivity index (χ3n) is 5.73. The summed E-state index contributed by atoms with van der Waals surface area (Å²) in [5.74, 6) is -1.91. The molecule has 0 aromatic heterocycles. The Morgan fingerprint density at radius 3 is 2.52 bits per heavy atom. The largest absolute Gasteiger partial charge is 0.344 e. The molecule has 5 amide bonds. The van der Waals surface area contributed by atoms with Gasteiger partial charge >= 0.3 is 6.03 Å². The van der Waals surface area contributed by atoms with Gasteiger partial charge in [-0.3, -0.25) is 19.8 Å². The Morgan fingerprint density at radius 1 is 1.21 bits per heavy atom. The molecule has 2 fully saturated rings. The summed E-state index contributed by atoms with van der Waals surface area (Å²) in [6, 6.07) is 4.87. The van der Waals surface area contributed by atoms with Crippen molar-refractivity contribution in [3.63, 3.8) is 0 Å². The summed E-state index contributed by atoms with van der Waals surface area (Å²) in [5.41, 5.74) is 1.09. The van der Waals surface area contributed by atoms with Gasteiger partial charge in [0, 0.05) is 0 Å². The van der Waals surface area contributed by atoms with Gasteiger partial charge in [0.05, 0.1) is 5.56 Å². The fourth-order valence-corrected chi connectivity index (χ4v) is 5.52. The second-order valence-electron chi connectivity index (χ2n) is 7.68. The number of sulfonamides is 1. The quantitative estimate of drug-likeness (QED) is 0.679. The Morgan fingerprint density at radius 2 is 1.86 bits per heavy atom. The number of amides is 5. The van der Waals surface area contributed by atoms with Crippen LogP contribution in [0, 0.1) is 5.92 Å². The lowest BCUT2D eigenvalue weighted by molar-refractivity contribution is -0.140. The number of urea groups is 1. The number of hydrogen-bond acceptors (Lipinski definition) is 6. The molecule has 1 aromatic rings. The zero-order valence-corrected chi connectivity index (χ0v) is 16.5. The zero-order valence-electron chi connectivity index (χ0n) is 15.7. The van der Waals surface area contributed by atoms with E-state index in [1.54, 1.807) is 0 Å². The molecule has 2 N–H and O–H groups in total. The fourth-order valence-electron chi connectivity index (χ4n) is 3.99. The number of rotatable bonds is 3. The van der Waals surface area contributed by atoms with Crippen molar-refractivity contribution in [1.29, 1.82) is 0 Å². The minimum atomic E-state index is -4.17. The monoisotopic (exact) mass is 420 g/mol. The molecule has 2 aliphatic heterocycles. The molecule has 2 heterocycles. The molecule has 1 spiro atoms. The van der Waals surface area contributed by atoms with Crippen LogP contribution in [0.3, 0.4) is 0 Å². The number of carbonyl (C=O) groups is 4. The summed E-state index contributed by atoms with van der Waals surface area (Å²) >= 11 is 0. The molecular weight excluding hydrogens is 400 g/mol. The number of nitrogens with one attached hydrogen (secondary N) is 2. The Hall–Kier alpha value is -2.95. The van der Waals surface area contributed by atoms with Gasteiger partial charge in [-0.1, -0.05) is 19.1 Å². The number of nitrogens with zero attached hydrogens (tertiary/aromatic N) is 2. The van der Waals surface area contributed by atoms with E-state index in [0.717, 1.165) is 12.8 Å². The third-order valence-corrected chi connectivity index (χ3v) is 7.51. The molecule has 3 aliphatic rings. The first-order valence-corrected chi connectivity index (χ1v) is 10.7. The highest BCUT2D eigenvalue weighted by Gasteiger charge is 2.53. The highest BCUT2D eigenvalue weighted by atomic mass is 32.2. The van der Waals surface area contributed by atoms with Crippen molar-refractivity contribution in [3.8, 4) is 0 Å². The molecule has 0 bridgehead atoms. The maximum absolute atomic E-state index is 12.8. The number of hydrazine groups is 1. The van der Waals surface area contributed by atoms with Gasteiger partial charge in [-0.05, 0) is 43.7 Å². The Balaban J connectivity index is 1.48. The molecular formula is C18H20N4O6S. The molecule has 29 heavy (non-hydrogen) atoms. The van der Waals surface area contributed by atoms with Crippen molar-refractivity contribution in [2.24, 2.45) is 5.92 Å². The van der Waals surface area contributed by atoms with Gasteiger partial charge in [0.15, 0.2) is 0 Å². The van der Waals surface area contributed by atoms with E-state index in [-0.39, 0.29) is 10.5 Å². The van der Waals surface area contributed by atoms with E-state index in [1.807, 2.05) is 0 Å². The maximum Gasteiger partial charge on any atom is 0.344 e. The second kappa shape index (κ2) is 6.55. The first-order chi connectivity index (χ1) is 13.7. The SMILES string of the molecule is CC1CCC2(CC1)NC(=O)N(NC(=O)CN1C(=O)c3ccccc3S1(=O)=O)C2=O. The Bertz CT molecular complexity index is 1030. The van der Waals surface area contributed by atoms with Crippen molar-refractivity contribution < 1.29 is 27.6 Å². The predicted molar refractivity (Wildman–Crippen MR) is 98.5 cm³/mol. The minimum absolute atomic E-state index is 0.0226. The van der Waals surface area contributed by atoms with Gasteiger partial charge in [0.1, 0.15) is 17.0 Å². The summed E-state index contributed by atoms with van der Waals surface area (Å²) in [7, 11) is -4.17. The van der Waals surface area contributed by atoms with Crippen LogP contribution in [0.1, 0.15) is 43.0 Å². The van der Waals surface area contributed by atoms with E-state index in [0.29, 0.717) is 28.1 Å². The molecule has 1 saturated carbocycles. The molecule has 10 nitrogen and oxygen atoms in total. The topological polar surface area (TPSA) is 133 Å². The van der Waals surface area contributed by atoms with Crippen molar-refractivity contribution in [3.05, 3.63) is 29.8 Å². The normalized spacial score (nSPS) is 27.9. The first kappa shape index (κ1) is 19.4. The Labute approximate surface area is 167 Å². The summed E-state index contributed by atoms with van der Waals surface area (Å²) in [6.45, 7) is 1.23. The summed E-state index contributed by atoms with van der Waals surface area (Å²) < 4.78 is 25.5. The van der Waals surface area contributed by atoms with E-state index in [1.165, 1.54) is 24.3 Å². The number of imide groups is 1. The van der Waals surface area contributed by atoms with Crippen LogP contribution in [0.2, 0.25) is 0 Å². The lowest BCUT2D eigenvalue weighted by Gasteiger charge is -2.33. The summed E-state index contributed by atoms with van der Waals surface area (Å²) in [5, 5.41) is 3.23. The molecule has 1 saturated heterocycles. The molecule has 0 unspecified atom stereocenters. The van der Waals surface area contributed by atoms with E-state index in [4.69, 9.17) is 0 Å². The molecule has 0 atom stereocenters. The average Bonchev–Trinajstić information content (AvgIpc) is 3.02. The average molecular weight is 420 g/mol. The van der Waals surface area contributed by atoms with Gasteiger partial charge in [0.25, 0.3) is 27.7 Å². The van der Waals surface area contributed by atoms with Gasteiger partial charge in [0.2, 0.25) is 0 Å².